The van der Waals surface area contributed by atoms with Gasteiger partial charge in [-0.3, -0.25) is 14.1 Å². The number of likely N-dealkylation sites (N-methyl/N-ethyl adjacent to an activating group) is 1. The number of ether oxygens (including phenoxy) is 2. The van der Waals surface area contributed by atoms with Crippen molar-refractivity contribution in [1.82, 2.24) is 10.2 Å². The van der Waals surface area contributed by atoms with Crippen LogP contribution < -0.4 is 14.8 Å². The standard InChI is InChI=1S/C18H22NO6P.C17H15N3O6/c1-19-8-7-18-11-4-6-14(25-26(20,21)22)17(18)24-16-13(23-2)5-3-10(15(16)18)9-12(11)19;21-14-6-5-12(9-13(14)17(25)26)20-19-11-3-1-10(2-4-11)16(24)18-8-7-15(22)23/h3-6,11-12,14,17H,7-9H2,1-2H3,(H2,20,21,22);1-6,9,21H,7-8H2,(H,18,24)(H,22,23)(H,25,26)/t11-,12+,14-,17-,18-;/m0./s1. The van der Waals surface area contributed by atoms with Crippen molar-refractivity contribution in [3.05, 3.63) is 89.0 Å². The monoisotopic (exact) mass is 736 g/mol. The molecule has 0 unspecified atom stereocenters. The predicted molar refractivity (Wildman–Crippen MR) is 184 cm³/mol. The van der Waals surface area contributed by atoms with Gasteiger partial charge >= 0.3 is 19.8 Å². The molecule has 52 heavy (non-hydrogen) atoms. The molecule has 6 N–H and O–H groups in total. The number of aromatic hydroxyl groups is 1. The number of carboxylic acids is 2. The number of phenols is 1. The van der Waals surface area contributed by atoms with E-state index in [1.165, 1.54) is 48.0 Å². The van der Waals surface area contributed by atoms with Gasteiger partial charge in [0.2, 0.25) is 0 Å². The molecule has 0 radical (unpaired) electrons. The van der Waals surface area contributed by atoms with E-state index in [1.807, 2.05) is 6.07 Å². The minimum Gasteiger partial charge on any atom is -0.507 e. The second-order valence-electron chi connectivity index (χ2n) is 12.8. The largest absolute Gasteiger partial charge is 0.507 e. The number of methoxy groups -OCH3 is 1. The number of carbonyl (C=O) groups is 3. The maximum absolute atomic E-state index is 11.8. The fourth-order valence-corrected chi connectivity index (χ4v) is 8.05. The predicted octanol–water partition coefficient (Wildman–Crippen LogP) is 4.33. The Bertz CT molecular complexity index is 2000. The molecule has 2 aliphatic carbocycles. The lowest BCUT2D eigenvalue weighted by Gasteiger charge is -2.56. The van der Waals surface area contributed by atoms with Crippen LogP contribution in [0.25, 0.3) is 0 Å². The molecule has 2 bridgehead atoms. The molecule has 17 heteroatoms. The van der Waals surface area contributed by atoms with Crippen LogP contribution in [0, 0.1) is 5.92 Å². The van der Waals surface area contributed by atoms with Gasteiger partial charge in [-0.25, -0.2) is 9.36 Å². The highest BCUT2D eigenvalue weighted by Crippen LogP contribution is 2.63. The molecule has 5 atom stereocenters. The van der Waals surface area contributed by atoms with Gasteiger partial charge in [-0.1, -0.05) is 18.2 Å². The van der Waals surface area contributed by atoms with E-state index in [-0.39, 0.29) is 41.3 Å². The number of nitrogens with zero attached hydrogens (tertiary/aromatic N) is 3. The molecule has 4 aliphatic rings. The van der Waals surface area contributed by atoms with E-state index in [0.29, 0.717) is 28.8 Å². The number of azo groups is 1. The van der Waals surface area contributed by atoms with E-state index in [2.05, 4.69) is 39.6 Å². The minimum atomic E-state index is -4.63. The number of aromatic carboxylic acids is 1. The van der Waals surface area contributed by atoms with Crippen LogP contribution in [0.4, 0.5) is 11.4 Å². The Balaban J connectivity index is 0.000000179. The first kappa shape index (κ1) is 36.7. The lowest BCUT2D eigenvalue weighted by Crippen LogP contribution is -2.65. The summed E-state index contributed by atoms with van der Waals surface area (Å²) in [6.45, 7) is 0.940. The van der Waals surface area contributed by atoms with Crippen molar-refractivity contribution in [3.8, 4) is 17.2 Å². The van der Waals surface area contributed by atoms with Crippen LogP contribution in [0.1, 0.15) is 44.7 Å². The number of benzene rings is 3. The Morgan fingerprint density at radius 3 is 2.42 bits per heavy atom. The number of amides is 1. The summed E-state index contributed by atoms with van der Waals surface area (Å²) < 4.78 is 28.5. The highest BCUT2D eigenvalue weighted by Gasteiger charge is 2.65. The van der Waals surface area contributed by atoms with Crippen molar-refractivity contribution in [1.29, 1.82) is 0 Å². The van der Waals surface area contributed by atoms with Gasteiger partial charge in [0.25, 0.3) is 5.91 Å². The molecule has 3 aromatic rings. The van der Waals surface area contributed by atoms with Gasteiger partial charge in [0.05, 0.1) is 24.9 Å². The van der Waals surface area contributed by atoms with Gasteiger partial charge in [0.15, 0.2) is 11.5 Å². The van der Waals surface area contributed by atoms with Crippen molar-refractivity contribution in [2.45, 2.75) is 42.9 Å². The second-order valence-corrected chi connectivity index (χ2v) is 14.0. The van der Waals surface area contributed by atoms with Crippen molar-refractivity contribution < 1.29 is 58.1 Å². The van der Waals surface area contributed by atoms with Crippen LogP contribution in [-0.4, -0.2) is 93.3 Å². The SMILES string of the molecule is COc1ccc2c3c1O[C@H]1[C@@H](OP(=O)(O)O)C=C[C@H]4[C@@H](C2)N(C)CC[C@@]341.O=C(O)CCNC(=O)c1ccc(N=Nc2ccc(O)c(C(=O)O)c2)cc1. The molecule has 0 saturated carbocycles. The summed E-state index contributed by atoms with van der Waals surface area (Å²) >= 11 is 0. The van der Waals surface area contributed by atoms with Crippen molar-refractivity contribution in [3.63, 3.8) is 0 Å². The summed E-state index contributed by atoms with van der Waals surface area (Å²) in [4.78, 5) is 54.3. The van der Waals surface area contributed by atoms with Crippen LogP contribution in [0.15, 0.2) is 77.0 Å². The van der Waals surface area contributed by atoms with E-state index in [1.54, 1.807) is 13.2 Å². The molecule has 2 aliphatic heterocycles. The van der Waals surface area contributed by atoms with Crippen molar-refractivity contribution >= 4 is 37.0 Å². The average Bonchev–Trinajstić information content (AvgIpc) is 3.45. The summed E-state index contributed by atoms with van der Waals surface area (Å²) in [6.07, 6.45) is 4.21. The zero-order chi connectivity index (χ0) is 37.4. The first-order valence-electron chi connectivity index (χ1n) is 16.3. The third-order valence-corrected chi connectivity index (χ3v) is 10.4. The summed E-state index contributed by atoms with van der Waals surface area (Å²) in [5.74, 6) is -1.44. The van der Waals surface area contributed by atoms with Crippen LogP contribution >= 0.6 is 7.82 Å². The number of phosphoric acid groups is 1. The summed E-state index contributed by atoms with van der Waals surface area (Å²) in [6, 6.07) is 14.3. The lowest BCUT2D eigenvalue weighted by atomic mass is 9.53. The number of aliphatic carboxylic acids is 1. The van der Waals surface area contributed by atoms with E-state index < -0.39 is 37.9 Å². The Morgan fingerprint density at radius 1 is 1.04 bits per heavy atom. The highest BCUT2D eigenvalue weighted by atomic mass is 31.2. The van der Waals surface area contributed by atoms with Gasteiger partial charge < -0.3 is 44.8 Å². The van der Waals surface area contributed by atoms with E-state index in [9.17, 15) is 33.8 Å². The topological polar surface area (TPSA) is 237 Å². The van der Waals surface area contributed by atoms with E-state index >= 15 is 0 Å². The Labute approximate surface area is 297 Å². The molecular weight excluding hydrogens is 699 g/mol. The average molecular weight is 737 g/mol. The van der Waals surface area contributed by atoms with Gasteiger partial charge in [0.1, 0.15) is 23.5 Å². The van der Waals surface area contributed by atoms with Crippen LogP contribution in [0.2, 0.25) is 0 Å². The van der Waals surface area contributed by atoms with Gasteiger partial charge in [-0.05, 0) is 80.5 Å². The van der Waals surface area contributed by atoms with Crippen LogP contribution in [0.5, 0.6) is 17.2 Å². The zero-order valence-corrected chi connectivity index (χ0v) is 29.0. The van der Waals surface area contributed by atoms with Crippen molar-refractivity contribution in [2.75, 3.05) is 27.2 Å². The Hall–Kier alpha value is -5.12. The number of likely N-dealkylation sites (tertiary alicyclic amines) is 1. The first-order valence-corrected chi connectivity index (χ1v) is 17.8. The van der Waals surface area contributed by atoms with Crippen LogP contribution in [0.3, 0.4) is 0 Å². The maximum atomic E-state index is 11.8. The third-order valence-electron chi connectivity index (χ3n) is 9.84. The quantitative estimate of drug-likeness (QED) is 0.0967. The zero-order valence-electron chi connectivity index (χ0n) is 28.1. The number of hydrogen-bond donors (Lipinski definition) is 6. The Kier molecular flexibility index (Phi) is 10.2. The van der Waals surface area contributed by atoms with E-state index in [0.717, 1.165) is 24.9 Å². The summed E-state index contributed by atoms with van der Waals surface area (Å²) in [5.41, 5.74) is 2.79. The molecule has 274 valence electrons. The van der Waals surface area contributed by atoms with Gasteiger partial charge in [-0.2, -0.15) is 10.2 Å². The molecule has 1 amide bonds. The molecule has 3 aromatic carbocycles. The number of piperidine rings is 1. The maximum Gasteiger partial charge on any atom is 0.470 e. The molecule has 0 aromatic heterocycles. The van der Waals surface area contributed by atoms with Gasteiger partial charge in [0, 0.05) is 35.0 Å². The van der Waals surface area contributed by atoms with Crippen molar-refractivity contribution in [2.24, 2.45) is 16.1 Å². The molecule has 1 spiro atoms. The number of carboxylic acid groups (broad SMARTS) is 2. The number of nitrogens with one attached hydrogen (secondary N) is 1. The summed E-state index contributed by atoms with van der Waals surface area (Å²) in [7, 11) is -0.879. The third kappa shape index (κ3) is 7.16. The Morgan fingerprint density at radius 2 is 1.75 bits per heavy atom. The fraction of sp³-hybridized carbons (Fsp3) is 0.343. The number of phosphoric ester groups is 1. The highest BCUT2D eigenvalue weighted by molar-refractivity contribution is 7.46. The number of carbonyl (C=O) groups excluding carboxylic acids is 1. The second kappa shape index (κ2) is 14.5. The minimum absolute atomic E-state index is 0.0301. The molecule has 16 nitrogen and oxygen atoms in total. The lowest BCUT2D eigenvalue weighted by molar-refractivity contribution is -0.136. The fourth-order valence-electron chi connectivity index (χ4n) is 7.56. The molecule has 1 fully saturated rings. The van der Waals surface area contributed by atoms with Crippen LogP contribution in [-0.2, 0) is 25.7 Å². The summed E-state index contributed by atoms with van der Waals surface area (Å²) in [5, 5.41) is 37.2. The number of hydrogen-bond acceptors (Lipinski definition) is 11. The van der Waals surface area contributed by atoms with E-state index in [4.69, 9.17) is 24.2 Å². The number of rotatable bonds is 10. The first-order chi connectivity index (χ1) is 24.7. The molecule has 2 heterocycles. The smallest absolute Gasteiger partial charge is 0.470 e. The molecular formula is C35H37N4O12P. The molecule has 1 saturated heterocycles. The van der Waals surface area contributed by atoms with Gasteiger partial charge in [-0.15, -0.1) is 0 Å². The molecule has 7 rings (SSSR count). The normalized spacial score (nSPS) is 23.9.